The third kappa shape index (κ3) is 3.39. The fraction of sp³-hybridized carbons (Fsp3) is 0.500. The first-order valence-electron chi connectivity index (χ1n) is 1.32. The summed E-state index contributed by atoms with van der Waals surface area (Å²) in [6.07, 6.45) is 0. The highest BCUT2D eigenvalue weighted by Gasteiger charge is 1.86. The van der Waals surface area contributed by atoms with E-state index in [0.717, 1.165) is 0 Å². The van der Waals surface area contributed by atoms with Crippen LogP contribution in [0.1, 0.15) is 0 Å². The highest BCUT2D eigenvalue weighted by molar-refractivity contribution is 5.74. The highest BCUT2D eigenvalue weighted by atomic mass is 17.1. The van der Waals surface area contributed by atoms with E-state index in [2.05, 4.69) is 10.6 Å². The molecule has 4 heteroatoms. The minimum Gasteiger partial charge on any atom is -0.368 e. The van der Waals surface area contributed by atoms with Crippen LogP contribution in [0.2, 0.25) is 0 Å². The van der Waals surface area contributed by atoms with Gasteiger partial charge in [0.25, 0.3) is 0 Å². The summed E-state index contributed by atoms with van der Waals surface area (Å²) in [5, 5.41) is 7.44. The molecule has 3 N–H and O–H groups in total. The molecule has 0 atom stereocenters. The zero-order valence-electron chi connectivity index (χ0n) is 3.05. The number of primary amides is 1. The molecule has 0 spiro atoms. The summed E-state index contributed by atoms with van der Waals surface area (Å²) in [4.78, 5) is 12.9. The molecule has 0 bridgehead atoms. The Kier molecular flexibility index (Phi) is 2.35. The monoisotopic (exact) mass is 91.0 g/mol. The van der Waals surface area contributed by atoms with Crippen LogP contribution < -0.4 is 5.73 Å². The molecule has 0 aliphatic heterocycles. The van der Waals surface area contributed by atoms with Crippen LogP contribution >= 0.6 is 0 Å². The van der Waals surface area contributed by atoms with Gasteiger partial charge in [0.2, 0.25) is 5.91 Å². The highest BCUT2D eigenvalue weighted by Crippen LogP contribution is 1.57. The number of carbonyl (C=O) groups is 1. The predicted molar refractivity (Wildman–Crippen MR) is 17.8 cm³/mol. The Bertz CT molecular complexity index is 52.8. The van der Waals surface area contributed by atoms with Crippen molar-refractivity contribution < 1.29 is 14.9 Å². The van der Waals surface area contributed by atoms with Crippen molar-refractivity contribution in [3.8, 4) is 0 Å². The van der Waals surface area contributed by atoms with Gasteiger partial charge in [0.05, 0.1) is 0 Å². The SMILES string of the molecule is NC(=O)COO. The summed E-state index contributed by atoms with van der Waals surface area (Å²) in [7, 11) is 0. The zero-order valence-corrected chi connectivity index (χ0v) is 3.05. The van der Waals surface area contributed by atoms with Crippen LogP contribution in [0.4, 0.5) is 0 Å². The maximum absolute atomic E-state index is 9.54. The number of nitrogens with two attached hydrogens (primary N) is 1. The van der Waals surface area contributed by atoms with Crippen molar-refractivity contribution in [3.05, 3.63) is 0 Å². The maximum Gasteiger partial charge on any atom is 0.246 e. The maximum atomic E-state index is 9.54. The average molecular weight is 91.1 g/mol. The van der Waals surface area contributed by atoms with Crippen molar-refractivity contribution in [1.82, 2.24) is 0 Å². The number of rotatable bonds is 2. The molecule has 0 heterocycles. The van der Waals surface area contributed by atoms with Gasteiger partial charge in [-0.15, -0.1) is 0 Å². The molecule has 0 radical (unpaired) electrons. The first-order chi connectivity index (χ1) is 2.77. The molecule has 0 aliphatic rings. The predicted octanol–water partition coefficient (Wildman–Crippen LogP) is -1.04. The molecule has 0 saturated heterocycles. The summed E-state index contributed by atoms with van der Waals surface area (Å²) in [5.41, 5.74) is 4.48. The van der Waals surface area contributed by atoms with E-state index in [0.29, 0.717) is 0 Å². The molecule has 6 heavy (non-hydrogen) atoms. The van der Waals surface area contributed by atoms with Gasteiger partial charge in [-0.05, 0) is 0 Å². The third-order valence-corrected chi connectivity index (χ3v) is 0.207. The second-order valence-electron chi connectivity index (χ2n) is 0.740. The van der Waals surface area contributed by atoms with E-state index in [1.165, 1.54) is 0 Å². The van der Waals surface area contributed by atoms with Crippen molar-refractivity contribution in [2.24, 2.45) is 5.73 Å². The van der Waals surface area contributed by atoms with Crippen LogP contribution in [0.5, 0.6) is 0 Å². The Hall–Kier alpha value is -0.610. The molecule has 0 unspecified atom stereocenters. The number of hydrogen-bond acceptors (Lipinski definition) is 3. The largest absolute Gasteiger partial charge is 0.368 e. The Morgan fingerprint density at radius 3 is 2.50 bits per heavy atom. The minimum absolute atomic E-state index is 0.431. The van der Waals surface area contributed by atoms with Crippen molar-refractivity contribution in [2.75, 3.05) is 6.61 Å². The van der Waals surface area contributed by atoms with E-state index >= 15 is 0 Å². The normalized spacial score (nSPS) is 8.17. The standard InChI is InChI=1S/C2H5NO3/c3-2(4)1-6-5/h5H,1H2,(H2,3,4). The fourth-order valence-corrected chi connectivity index (χ4v) is 0.0636. The molecular formula is C2H5NO3. The van der Waals surface area contributed by atoms with Gasteiger partial charge in [-0.2, -0.15) is 0 Å². The number of hydrogen-bond donors (Lipinski definition) is 2. The lowest BCUT2D eigenvalue weighted by molar-refractivity contribution is -0.237. The van der Waals surface area contributed by atoms with Crippen molar-refractivity contribution in [1.29, 1.82) is 0 Å². The van der Waals surface area contributed by atoms with Crippen LogP contribution in [-0.4, -0.2) is 17.8 Å². The lowest BCUT2D eigenvalue weighted by Crippen LogP contribution is -2.16. The molecule has 1 amide bonds. The Morgan fingerprint density at radius 1 is 2.00 bits per heavy atom. The third-order valence-electron chi connectivity index (χ3n) is 0.207. The van der Waals surface area contributed by atoms with E-state index in [4.69, 9.17) is 5.26 Å². The molecule has 0 aromatic rings. The second-order valence-corrected chi connectivity index (χ2v) is 0.740. The molecule has 4 nitrogen and oxygen atoms in total. The van der Waals surface area contributed by atoms with Crippen molar-refractivity contribution in [3.63, 3.8) is 0 Å². The van der Waals surface area contributed by atoms with E-state index in [-0.39, 0.29) is 0 Å². The van der Waals surface area contributed by atoms with E-state index in [1.807, 2.05) is 0 Å². The summed E-state index contributed by atoms with van der Waals surface area (Å²) in [6.45, 7) is -0.431. The minimum atomic E-state index is -0.683. The summed E-state index contributed by atoms with van der Waals surface area (Å²) < 4.78 is 0. The lowest BCUT2D eigenvalue weighted by atomic mass is 10.7. The molecule has 36 valence electrons. The van der Waals surface area contributed by atoms with Gasteiger partial charge in [0.15, 0.2) is 6.61 Å². The van der Waals surface area contributed by atoms with Gasteiger partial charge >= 0.3 is 0 Å². The molecule has 0 aromatic heterocycles. The van der Waals surface area contributed by atoms with Crippen molar-refractivity contribution >= 4 is 5.91 Å². The van der Waals surface area contributed by atoms with E-state index in [1.54, 1.807) is 0 Å². The fourth-order valence-electron chi connectivity index (χ4n) is 0.0636. The smallest absolute Gasteiger partial charge is 0.246 e. The molecule has 0 rings (SSSR count). The van der Waals surface area contributed by atoms with Gasteiger partial charge < -0.3 is 5.73 Å². The molecule has 0 aromatic carbocycles. The van der Waals surface area contributed by atoms with Crippen LogP contribution in [0.3, 0.4) is 0 Å². The summed E-state index contributed by atoms with van der Waals surface area (Å²) >= 11 is 0. The van der Waals surface area contributed by atoms with Gasteiger partial charge in [0.1, 0.15) is 0 Å². The van der Waals surface area contributed by atoms with Gasteiger partial charge in [-0.3, -0.25) is 10.1 Å². The molecular weight excluding hydrogens is 86.0 g/mol. The van der Waals surface area contributed by atoms with Gasteiger partial charge in [0, 0.05) is 0 Å². The quantitative estimate of drug-likeness (QED) is 0.337. The van der Waals surface area contributed by atoms with Gasteiger partial charge in [-0.25, -0.2) is 4.89 Å². The summed E-state index contributed by atoms with van der Waals surface area (Å²) in [5.74, 6) is -0.683. The van der Waals surface area contributed by atoms with E-state index in [9.17, 15) is 4.79 Å². The molecule has 0 saturated carbocycles. The number of amides is 1. The first kappa shape index (κ1) is 5.39. The van der Waals surface area contributed by atoms with Crippen LogP contribution in [-0.2, 0) is 9.68 Å². The zero-order chi connectivity index (χ0) is 4.99. The molecule has 0 aliphatic carbocycles. The van der Waals surface area contributed by atoms with Crippen LogP contribution in [0, 0.1) is 0 Å². The first-order valence-corrected chi connectivity index (χ1v) is 1.32. The topological polar surface area (TPSA) is 72.6 Å². The number of carbonyl (C=O) groups excluding carboxylic acids is 1. The van der Waals surface area contributed by atoms with Crippen molar-refractivity contribution in [2.45, 2.75) is 0 Å². The Balaban J connectivity index is 2.83. The Morgan fingerprint density at radius 2 is 2.50 bits per heavy atom. The second kappa shape index (κ2) is 2.62. The summed E-state index contributed by atoms with van der Waals surface area (Å²) in [6, 6.07) is 0. The van der Waals surface area contributed by atoms with E-state index < -0.39 is 12.5 Å². The van der Waals surface area contributed by atoms with Gasteiger partial charge in [-0.1, -0.05) is 0 Å². The average Bonchev–Trinajstić information content (AvgIpc) is 1.35. The molecule has 0 fully saturated rings. The lowest BCUT2D eigenvalue weighted by Gasteiger charge is -1.82. The van der Waals surface area contributed by atoms with Crippen LogP contribution in [0.15, 0.2) is 0 Å². The van der Waals surface area contributed by atoms with Crippen LogP contribution in [0.25, 0.3) is 0 Å². The Labute approximate surface area is 34.4 Å².